The normalized spacial score (nSPS) is 19.1. The SMILES string of the molecule is NC[C@@H]1CN(C(=O)CCNc2ccccc2[N+](=O)[O-])C[C@H]1c1ccccc1. The summed E-state index contributed by atoms with van der Waals surface area (Å²) in [5, 5.41) is 14.0. The van der Waals surface area contributed by atoms with Gasteiger partial charge in [-0.1, -0.05) is 42.5 Å². The van der Waals surface area contributed by atoms with E-state index in [-0.39, 0.29) is 29.9 Å². The van der Waals surface area contributed by atoms with Crippen molar-refractivity contribution in [3.63, 3.8) is 0 Å². The minimum Gasteiger partial charge on any atom is -0.379 e. The van der Waals surface area contributed by atoms with Gasteiger partial charge in [0, 0.05) is 38.0 Å². The number of carbonyl (C=O) groups excluding carboxylic acids is 1. The third-order valence-corrected chi connectivity index (χ3v) is 5.08. The van der Waals surface area contributed by atoms with Gasteiger partial charge >= 0.3 is 0 Å². The number of likely N-dealkylation sites (tertiary alicyclic amines) is 1. The summed E-state index contributed by atoms with van der Waals surface area (Å²) in [6.45, 7) is 2.21. The number of nitro groups is 1. The first-order valence-electron chi connectivity index (χ1n) is 9.10. The topological polar surface area (TPSA) is 102 Å². The van der Waals surface area contributed by atoms with Gasteiger partial charge in [0.05, 0.1) is 4.92 Å². The van der Waals surface area contributed by atoms with Crippen molar-refractivity contribution in [3.05, 3.63) is 70.3 Å². The molecule has 3 N–H and O–H groups in total. The summed E-state index contributed by atoms with van der Waals surface area (Å²) in [4.78, 5) is 25.1. The average Bonchev–Trinajstić information content (AvgIpc) is 3.13. The number of nitrogens with one attached hydrogen (secondary N) is 1. The fourth-order valence-corrected chi connectivity index (χ4v) is 3.64. The molecule has 1 aliphatic rings. The largest absolute Gasteiger partial charge is 0.379 e. The fraction of sp³-hybridized carbons (Fsp3) is 0.350. The molecule has 7 nitrogen and oxygen atoms in total. The van der Waals surface area contributed by atoms with Crippen LogP contribution < -0.4 is 11.1 Å². The van der Waals surface area contributed by atoms with Gasteiger partial charge in [-0.3, -0.25) is 14.9 Å². The first kappa shape index (κ1) is 18.8. The van der Waals surface area contributed by atoms with E-state index in [0.717, 1.165) is 0 Å². The van der Waals surface area contributed by atoms with Gasteiger partial charge in [0.2, 0.25) is 5.91 Å². The highest BCUT2D eigenvalue weighted by Crippen LogP contribution is 2.32. The first-order valence-corrected chi connectivity index (χ1v) is 9.10. The molecule has 1 aliphatic heterocycles. The number of nitro benzene ring substituents is 1. The van der Waals surface area contributed by atoms with Crippen LogP contribution in [0.1, 0.15) is 17.9 Å². The second-order valence-corrected chi connectivity index (χ2v) is 6.76. The number of benzene rings is 2. The Labute approximate surface area is 158 Å². The van der Waals surface area contributed by atoms with Crippen LogP contribution in [0.5, 0.6) is 0 Å². The summed E-state index contributed by atoms with van der Waals surface area (Å²) in [5.74, 6) is 0.542. The van der Waals surface area contributed by atoms with E-state index in [9.17, 15) is 14.9 Å². The maximum absolute atomic E-state index is 12.6. The maximum atomic E-state index is 12.6. The Bertz CT molecular complexity index is 797. The molecule has 0 spiro atoms. The van der Waals surface area contributed by atoms with Crippen LogP contribution in [0, 0.1) is 16.0 Å². The minimum absolute atomic E-state index is 0.0125. The Morgan fingerprint density at radius 3 is 2.56 bits per heavy atom. The summed E-state index contributed by atoms with van der Waals surface area (Å²) in [5.41, 5.74) is 7.58. The molecule has 0 unspecified atom stereocenters. The second kappa shape index (κ2) is 8.64. The van der Waals surface area contributed by atoms with Crippen LogP contribution in [0.2, 0.25) is 0 Å². The molecule has 27 heavy (non-hydrogen) atoms. The average molecular weight is 368 g/mol. The zero-order chi connectivity index (χ0) is 19.2. The molecule has 0 radical (unpaired) electrons. The zero-order valence-electron chi connectivity index (χ0n) is 15.1. The lowest BCUT2D eigenvalue weighted by molar-refractivity contribution is -0.384. The molecule has 1 saturated heterocycles. The molecule has 0 bridgehead atoms. The molecule has 142 valence electrons. The predicted molar refractivity (Wildman–Crippen MR) is 105 cm³/mol. The van der Waals surface area contributed by atoms with E-state index in [2.05, 4.69) is 17.4 Å². The van der Waals surface area contributed by atoms with Crippen LogP contribution in [-0.4, -0.2) is 41.9 Å². The maximum Gasteiger partial charge on any atom is 0.292 e. The molecule has 2 aromatic carbocycles. The van der Waals surface area contributed by atoms with Crippen LogP contribution in [0.4, 0.5) is 11.4 Å². The van der Waals surface area contributed by atoms with Crippen molar-refractivity contribution in [1.29, 1.82) is 0 Å². The molecule has 1 amide bonds. The van der Waals surface area contributed by atoms with Gasteiger partial charge in [-0.15, -0.1) is 0 Å². The fourth-order valence-electron chi connectivity index (χ4n) is 3.64. The Morgan fingerprint density at radius 1 is 1.15 bits per heavy atom. The molecule has 2 aromatic rings. The molecular weight excluding hydrogens is 344 g/mol. The first-order chi connectivity index (χ1) is 13.1. The minimum atomic E-state index is -0.430. The van der Waals surface area contributed by atoms with Crippen molar-refractivity contribution < 1.29 is 9.72 Å². The van der Waals surface area contributed by atoms with Gasteiger partial charge in [0.15, 0.2) is 0 Å². The van der Waals surface area contributed by atoms with E-state index in [1.165, 1.54) is 11.6 Å². The van der Waals surface area contributed by atoms with E-state index < -0.39 is 4.92 Å². The molecule has 7 heteroatoms. The molecule has 3 rings (SSSR count). The smallest absolute Gasteiger partial charge is 0.292 e. The van der Waals surface area contributed by atoms with Crippen LogP contribution in [0.15, 0.2) is 54.6 Å². The highest BCUT2D eigenvalue weighted by molar-refractivity contribution is 5.77. The van der Waals surface area contributed by atoms with E-state index in [0.29, 0.717) is 31.9 Å². The standard InChI is InChI=1S/C20H24N4O3/c21-12-16-13-23(14-17(16)15-6-2-1-3-7-15)20(25)10-11-22-18-8-4-5-9-19(18)24(26)27/h1-9,16-17,22H,10-14,21H2/t16-,17+/m1/s1. The third-order valence-electron chi connectivity index (χ3n) is 5.08. The van der Waals surface area contributed by atoms with E-state index >= 15 is 0 Å². The van der Waals surface area contributed by atoms with Crippen molar-refractivity contribution in [2.45, 2.75) is 12.3 Å². The Kier molecular flexibility index (Phi) is 6.03. The second-order valence-electron chi connectivity index (χ2n) is 6.76. The number of rotatable bonds is 7. The van der Waals surface area contributed by atoms with Crippen molar-refractivity contribution >= 4 is 17.3 Å². The van der Waals surface area contributed by atoms with E-state index in [1.807, 2.05) is 23.1 Å². The van der Waals surface area contributed by atoms with Crippen LogP contribution >= 0.6 is 0 Å². The number of anilines is 1. The highest BCUT2D eigenvalue weighted by Gasteiger charge is 2.34. The van der Waals surface area contributed by atoms with Crippen molar-refractivity contribution in [1.82, 2.24) is 4.90 Å². The number of amides is 1. The molecule has 2 atom stereocenters. The van der Waals surface area contributed by atoms with Crippen molar-refractivity contribution in [3.8, 4) is 0 Å². The Morgan fingerprint density at radius 2 is 1.85 bits per heavy atom. The van der Waals surface area contributed by atoms with Crippen molar-refractivity contribution in [2.24, 2.45) is 11.7 Å². The van der Waals surface area contributed by atoms with Crippen LogP contribution in [0.3, 0.4) is 0 Å². The molecule has 1 heterocycles. The number of para-hydroxylation sites is 2. The number of nitrogens with two attached hydrogens (primary N) is 1. The lowest BCUT2D eigenvalue weighted by atomic mass is 9.89. The molecule has 0 aromatic heterocycles. The predicted octanol–water partition coefficient (Wildman–Crippen LogP) is 2.60. The van der Waals surface area contributed by atoms with Gasteiger partial charge in [-0.05, 0) is 24.1 Å². The zero-order valence-corrected chi connectivity index (χ0v) is 15.1. The van der Waals surface area contributed by atoms with Gasteiger partial charge in [-0.25, -0.2) is 0 Å². The molecule has 1 fully saturated rings. The van der Waals surface area contributed by atoms with E-state index in [4.69, 9.17) is 5.73 Å². The van der Waals surface area contributed by atoms with Crippen molar-refractivity contribution in [2.75, 3.05) is 31.5 Å². The highest BCUT2D eigenvalue weighted by atomic mass is 16.6. The van der Waals surface area contributed by atoms with E-state index in [1.54, 1.807) is 18.2 Å². The summed E-state index contributed by atoms with van der Waals surface area (Å²) in [6, 6.07) is 16.6. The number of hydrogen-bond acceptors (Lipinski definition) is 5. The lowest BCUT2D eigenvalue weighted by Gasteiger charge is -2.17. The lowest BCUT2D eigenvalue weighted by Crippen LogP contribution is -2.31. The third kappa shape index (κ3) is 4.43. The summed E-state index contributed by atoms with van der Waals surface area (Å²) < 4.78 is 0. The molecule has 0 aliphatic carbocycles. The number of hydrogen-bond donors (Lipinski definition) is 2. The number of carbonyl (C=O) groups is 1. The van der Waals surface area contributed by atoms with Crippen LogP contribution in [0.25, 0.3) is 0 Å². The summed E-state index contributed by atoms with van der Waals surface area (Å²) >= 11 is 0. The molecule has 0 saturated carbocycles. The van der Waals surface area contributed by atoms with Gasteiger partial charge in [-0.2, -0.15) is 0 Å². The Hall–Kier alpha value is -2.93. The van der Waals surface area contributed by atoms with Gasteiger partial charge in [0.1, 0.15) is 5.69 Å². The Balaban J connectivity index is 1.57. The summed E-state index contributed by atoms with van der Waals surface area (Å²) in [7, 11) is 0. The molecular formula is C20H24N4O3. The summed E-state index contributed by atoms with van der Waals surface area (Å²) in [6.07, 6.45) is 0.283. The van der Waals surface area contributed by atoms with Crippen LogP contribution in [-0.2, 0) is 4.79 Å². The van der Waals surface area contributed by atoms with Gasteiger partial charge in [0.25, 0.3) is 5.69 Å². The number of nitrogens with zero attached hydrogens (tertiary/aromatic N) is 2. The van der Waals surface area contributed by atoms with Gasteiger partial charge < -0.3 is 16.0 Å². The monoisotopic (exact) mass is 368 g/mol. The quantitative estimate of drug-likeness (QED) is 0.578.